The molecule has 0 aliphatic heterocycles. The minimum absolute atomic E-state index is 0.247. The topological polar surface area (TPSA) is 67.0 Å². The SMILES string of the molecule is Cn1cccc1CN=Nc1ccc(C(=O)O)cc1. The molecule has 0 saturated heterocycles. The van der Waals surface area contributed by atoms with Gasteiger partial charge in [-0.25, -0.2) is 4.79 Å². The van der Waals surface area contributed by atoms with Crippen molar-refractivity contribution < 1.29 is 9.90 Å². The number of rotatable bonds is 4. The van der Waals surface area contributed by atoms with E-state index in [4.69, 9.17) is 5.11 Å². The van der Waals surface area contributed by atoms with Crippen LogP contribution in [0.4, 0.5) is 5.69 Å². The second-order valence-corrected chi connectivity index (χ2v) is 3.86. The Bertz CT molecular complexity index is 570. The molecule has 1 heterocycles. The predicted octanol–water partition coefficient (Wildman–Crippen LogP) is 3.01. The van der Waals surface area contributed by atoms with Crippen LogP contribution in [0.3, 0.4) is 0 Å². The normalized spacial score (nSPS) is 10.9. The Morgan fingerprint density at radius 2 is 2.00 bits per heavy atom. The Kier molecular flexibility index (Phi) is 3.52. The molecule has 0 amide bonds. The molecule has 0 atom stereocenters. The third kappa shape index (κ3) is 2.82. The lowest BCUT2D eigenvalue weighted by Crippen LogP contribution is -1.94. The molecule has 0 radical (unpaired) electrons. The lowest BCUT2D eigenvalue weighted by atomic mass is 10.2. The van der Waals surface area contributed by atoms with Gasteiger partial charge in [0, 0.05) is 18.9 Å². The quantitative estimate of drug-likeness (QED) is 0.839. The van der Waals surface area contributed by atoms with Crippen molar-refractivity contribution in [1.82, 2.24) is 4.57 Å². The summed E-state index contributed by atoms with van der Waals surface area (Å²) in [5.74, 6) is -0.942. The summed E-state index contributed by atoms with van der Waals surface area (Å²) in [7, 11) is 1.95. The van der Waals surface area contributed by atoms with Crippen molar-refractivity contribution in [3.8, 4) is 0 Å². The number of nitrogens with zero attached hydrogens (tertiary/aromatic N) is 3. The summed E-state index contributed by atoms with van der Waals surface area (Å²) in [5.41, 5.74) is 1.96. The number of azo groups is 1. The number of carbonyl (C=O) groups is 1. The van der Waals surface area contributed by atoms with Gasteiger partial charge in [0.05, 0.1) is 11.3 Å². The fourth-order valence-corrected chi connectivity index (χ4v) is 1.52. The minimum Gasteiger partial charge on any atom is -0.478 e. The molecule has 0 aliphatic rings. The van der Waals surface area contributed by atoms with Crippen molar-refractivity contribution in [2.45, 2.75) is 6.54 Å². The summed E-state index contributed by atoms with van der Waals surface area (Å²) in [4.78, 5) is 10.7. The third-order valence-electron chi connectivity index (χ3n) is 2.58. The molecule has 1 aromatic heterocycles. The molecule has 5 heteroatoms. The standard InChI is InChI=1S/C13H13N3O2/c1-16-8-2-3-12(16)9-14-15-11-6-4-10(5-7-11)13(17)18/h2-8H,9H2,1H3,(H,17,18). The van der Waals surface area contributed by atoms with Crippen molar-refractivity contribution in [3.63, 3.8) is 0 Å². The van der Waals surface area contributed by atoms with Gasteiger partial charge in [-0.05, 0) is 36.4 Å². The van der Waals surface area contributed by atoms with E-state index in [9.17, 15) is 4.79 Å². The van der Waals surface area contributed by atoms with Crippen LogP contribution in [-0.2, 0) is 13.6 Å². The molecule has 5 nitrogen and oxygen atoms in total. The number of aromatic nitrogens is 1. The summed E-state index contributed by atoms with van der Waals surface area (Å²) in [6, 6.07) is 10.2. The van der Waals surface area contributed by atoms with Gasteiger partial charge < -0.3 is 9.67 Å². The first-order chi connectivity index (χ1) is 8.66. The first-order valence-corrected chi connectivity index (χ1v) is 5.48. The molecule has 1 N–H and O–H groups in total. The van der Waals surface area contributed by atoms with Crippen molar-refractivity contribution in [2.24, 2.45) is 17.3 Å². The number of hydrogen-bond acceptors (Lipinski definition) is 3. The summed E-state index contributed by atoms with van der Waals surface area (Å²) >= 11 is 0. The van der Waals surface area contributed by atoms with E-state index >= 15 is 0 Å². The second kappa shape index (κ2) is 5.27. The summed E-state index contributed by atoms with van der Waals surface area (Å²) < 4.78 is 1.98. The fraction of sp³-hybridized carbons (Fsp3) is 0.154. The highest BCUT2D eigenvalue weighted by atomic mass is 16.4. The van der Waals surface area contributed by atoms with Gasteiger partial charge in [-0.15, -0.1) is 0 Å². The number of carboxylic acids is 1. The average Bonchev–Trinajstić information content (AvgIpc) is 2.76. The predicted molar refractivity (Wildman–Crippen MR) is 67.0 cm³/mol. The molecular formula is C13H13N3O2. The van der Waals surface area contributed by atoms with Crippen LogP contribution in [0.25, 0.3) is 0 Å². The van der Waals surface area contributed by atoms with E-state index in [1.165, 1.54) is 12.1 Å². The van der Waals surface area contributed by atoms with Gasteiger partial charge >= 0.3 is 5.97 Å². The number of hydrogen-bond donors (Lipinski definition) is 1. The molecule has 0 bridgehead atoms. The molecule has 0 unspecified atom stereocenters. The first-order valence-electron chi connectivity index (χ1n) is 5.48. The van der Waals surface area contributed by atoms with E-state index in [-0.39, 0.29) is 5.56 Å². The molecular weight excluding hydrogens is 230 g/mol. The van der Waals surface area contributed by atoms with Crippen molar-refractivity contribution in [1.29, 1.82) is 0 Å². The van der Waals surface area contributed by atoms with E-state index in [1.54, 1.807) is 12.1 Å². The molecule has 2 rings (SSSR count). The largest absolute Gasteiger partial charge is 0.478 e. The number of benzene rings is 1. The van der Waals surface area contributed by atoms with Gasteiger partial charge in [0.25, 0.3) is 0 Å². The summed E-state index contributed by atoms with van der Waals surface area (Å²) in [6.07, 6.45) is 1.95. The van der Waals surface area contributed by atoms with E-state index in [0.717, 1.165) is 5.69 Å². The van der Waals surface area contributed by atoms with Crippen LogP contribution in [0.15, 0.2) is 52.8 Å². The molecule has 92 valence electrons. The zero-order valence-electron chi connectivity index (χ0n) is 9.95. The van der Waals surface area contributed by atoms with Crippen molar-refractivity contribution >= 4 is 11.7 Å². The Morgan fingerprint density at radius 1 is 1.28 bits per heavy atom. The summed E-state index contributed by atoms with van der Waals surface area (Å²) in [6.45, 7) is 0.504. The van der Waals surface area contributed by atoms with Crippen LogP contribution in [0.1, 0.15) is 16.1 Å². The van der Waals surface area contributed by atoms with Gasteiger partial charge in [0.1, 0.15) is 6.54 Å². The van der Waals surface area contributed by atoms with E-state index < -0.39 is 5.97 Å². The van der Waals surface area contributed by atoms with Gasteiger partial charge in [-0.2, -0.15) is 10.2 Å². The van der Waals surface area contributed by atoms with Crippen LogP contribution in [0.2, 0.25) is 0 Å². The molecule has 0 saturated carbocycles. The zero-order valence-corrected chi connectivity index (χ0v) is 9.95. The number of carboxylic acid groups (broad SMARTS) is 1. The monoisotopic (exact) mass is 243 g/mol. The van der Waals surface area contributed by atoms with E-state index in [1.807, 2.05) is 29.9 Å². The highest BCUT2D eigenvalue weighted by molar-refractivity contribution is 5.87. The maximum atomic E-state index is 10.7. The highest BCUT2D eigenvalue weighted by Gasteiger charge is 2.00. The minimum atomic E-state index is -0.942. The number of aryl methyl sites for hydroxylation is 1. The fourth-order valence-electron chi connectivity index (χ4n) is 1.52. The Labute approximate surface area is 104 Å². The second-order valence-electron chi connectivity index (χ2n) is 3.86. The third-order valence-corrected chi connectivity index (χ3v) is 2.58. The van der Waals surface area contributed by atoms with Gasteiger partial charge in [0.15, 0.2) is 0 Å². The highest BCUT2D eigenvalue weighted by Crippen LogP contribution is 2.14. The molecule has 0 aliphatic carbocycles. The molecule has 0 spiro atoms. The van der Waals surface area contributed by atoms with Crippen molar-refractivity contribution in [3.05, 3.63) is 53.9 Å². The van der Waals surface area contributed by atoms with Crippen LogP contribution >= 0.6 is 0 Å². The van der Waals surface area contributed by atoms with Crippen LogP contribution in [-0.4, -0.2) is 15.6 Å². The van der Waals surface area contributed by atoms with Gasteiger partial charge in [-0.1, -0.05) is 0 Å². The lowest BCUT2D eigenvalue weighted by molar-refractivity contribution is 0.0697. The smallest absolute Gasteiger partial charge is 0.335 e. The average molecular weight is 243 g/mol. The van der Waals surface area contributed by atoms with Crippen molar-refractivity contribution in [2.75, 3.05) is 0 Å². The Morgan fingerprint density at radius 3 is 2.56 bits per heavy atom. The van der Waals surface area contributed by atoms with E-state index in [2.05, 4.69) is 10.2 Å². The molecule has 2 aromatic rings. The summed E-state index contributed by atoms with van der Waals surface area (Å²) in [5, 5.41) is 16.9. The lowest BCUT2D eigenvalue weighted by Gasteiger charge is -1.98. The maximum absolute atomic E-state index is 10.7. The zero-order chi connectivity index (χ0) is 13.0. The molecule has 0 fully saturated rings. The Hall–Kier alpha value is -2.43. The van der Waals surface area contributed by atoms with Gasteiger partial charge in [0.2, 0.25) is 0 Å². The maximum Gasteiger partial charge on any atom is 0.335 e. The Balaban J connectivity index is 2.01. The molecule has 1 aromatic carbocycles. The van der Waals surface area contributed by atoms with Crippen LogP contribution in [0, 0.1) is 0 Å². The van der Waals surface area contributed by atoms with Crippen LogP contribution in [0.5, 0.6) is 0 Å². The van der Waals surface area contributed by atoms with Gasteiger partial charge in [-0.3, -0.25) is 0 Å². The first kappa shape index (κ1) is 12.0. The number of aromatic carboxylic acids is 1. The molecule has 18 heavy (non-hydrogen) atoms. The van der Waals surface area contributed by atoms with Crippen LogP contribution < -0.4 is 0 Å². The van der Waals surface area contributed by atoms with E-state index in [0.29, 0.717) is 12.2 Å².